The molecule has 0 radical (unpaired) electrons. The smallest absolute Gasteiger partial charge is 0.334 e. The minimum Gasteiger partial charge on any atom is -0.476 e. The second kappa shape index (κ2) is 12.4. The topological polar surface area (TPSA) is 68.7 Å². The van der Waals surface area contributed by atoms with Gasteiger partial charge in [-0.3, -0.25) is 9.78 Å². The molecule has 1 aliphatic carbocycles. The maximum Gasteiger partial charge on any atom is 0.334 e. The third-order valence-corrected chi connectivity index (χ3v) is 6.04. The molecule has 1 heterocycles. The third-order valence-electron chi connectivity index (χ3n) is 5.44. The summed E-state index contributed by atoms with van der Waals surface area (Å²) in [5.41, 5.74) is 1.93. The van der Waals surface area contributed by atoms with Gasteiger partial charge >= 0.3 is 5.97 Å². The van der Waals surface area contributed by atoms with Crippen molar-refractivity contribution in [3.05, 3.63) is 76.1 Å². The molecule has 1 atom stereocenters. The largest absolute Gasteiger partial charge is 0.476 e. The van der Waals surface area contributed by atoms with Crippen LogP contribution in [0.15, 0.2) is 60.5 Å². The van der Waals surface area contributed by atoms with Gasteiger partial charge in [0, 0.05) is 29.6 Å². The zero-order valence-corrected chi connectivity index (χ0v) is 20.9. The van der Waals surface area contributed by atoms with Gasteiger partial charge in [0.2, 0.25) is 0 Å². The minimum absolute atomic E-state index is 0.0697. The van der Waals surface area contributed by atoms with E-state index < -0.39 is 12.1 Å². The Morgan fingerprint density at radius 3 is 2.66 bits per heavy atom. The van der Waals surface area contributed by atoms with Gasteiger partial charge in [-0.15, -0.1) is 6.42 Å². The van der Waals surface area contributed by atoms with Crippen LogP contribution in [0.25, 0.3) is 0 Å². The fraction of sp³-hybridized carbons (Fsp3) is 0.296. The number of terminal acetylenes is 1. The summed E-state index contributed by atoms with van der Waals surface area (Å²) in [6.07, 6.45) is 12.2. The molecule has 0 spiro atoms. The van der Waals surface area contributed by atoms with Crippen LogP contribution in [0.2, 0.25) is 10.0 Å². The van der Waals surface area contributed by atoms with Crippen LogP contribution in [0, 0.1) is 12.3 Å². The lowest BCUT2D eigenvalue weighted by Crippen LogP contribution is -2.34. The van der Waals surface area contributed by atoms with E-state index in [9.17, 15) is 9.59 Å². The molecular formula is C27H26Cl2N2O4. The van der Waals surface area contributed by atoms with Crippen molar-refractivity contribution in [3.8, 4) is 18.1 Å². The Bertz CT molecular complexity index is 1170. The van der Waals surface area contributed by atoms with Crippen molar-refractivity contribution >= 4 is 40.8 Å². The quantitative estimate of drug-likeness (QED) is 0.237. The van der Waals surface area contributed by atoms with Gasteiger partial charge in [-0.05, 0) is 50.3 Å². The number of halogens is 2. The summed E-state index contributed by atoms with van der Waals surface area (Å²) in [7, 11) is 0. The van der Waals surface area contributed by atoms with Crippen molar-refractivity contribution in [3.63, 3.8) is 0 Å². The molecule has 0 N–H and O–H groups in total. The highest BCUT2D eigenvalue weighted by Gasteiger charge is 2.30. The van der Waals surface area contributed by atoms with Crippen molar-refractivity contribution in [2.24, 2.45) is 0 Å². The highest BCUT2D eigenvalue weighted by molar-refractivity contribution is 6.37. The van der Waals surface area contributed by atoms with Gasteiger partial charge < -0.3 is 14.4 Å². The molecule has 3 rings (SSSR count). The van der Waals surface area contributed by atoms with E-state index in [1.165, 1.54) is 17.0 Å². The van der Waals surface area contributed by atoms with Crippen LogP contribution in [-0.2, 0) is 20.9 Å². The summed E-state index contributed by atoms with van der Waals surface area (Å²) in [5.74, 6) is 1.92. The lowest BCUT2D eigenvalue weighted by Gasteiger charge is -2.28. The molecule has 1 unspecified atom stereocenters. The van der Waals surface area contributed by atoms with Crippen molar-refractivity contribution < 1.29 is 19.1 Å². The fourth-order valence-electron chi connectivity index (χ4n) is 3.73. The summed E-state index contributed by atoms with van der Waals surface area (Å²) < 4.78 is 11.0. The van der Waals surface area contributed by atoms with E-state index in [1.807, 2.05) is 6.07 Å². The van der Waals surface area contributed by atoms with Crippen LogP contribution in [0.3, 0.4) is 0 Å². The molecule has 6 nitrogen and oxygen atoms in total. The molecule has 0 aliphatic heterocycles. The molecule has 2 aromatic rings. The number of carbonyl (C=O) groups is 2. The molecule has 1 amide bonds. The second-order valence-corrected chi connectivity index (χ2v) is 8.78. The van der Waals surface area contributed by atoms with Gasteiger partial charge in [0.1, 0.15) is 12.4 Å². The second-order valence-electron chi connectivity index (χ2n) is 7.96. The number of carbonyl (C=O) groups excluding carboxylic acids is 2. The van der Waals surface area contributed by atoms with Crippen LogP contribution >= 0.6 is 23.2 Å². The molecule has 1 aromatic carbocycles. The van der Waals surface area contributed by atoms with E-state index in [-0.39, 0.29) is 29.1 Å². The Morgan fingerprint density at radius 1 is 1.26 bits per heavy atom. The number of ether oxygens (including phenoxy) is 2. The molecule has 1 aliphatic rings. The van der Waals surface area contributed by atoms with E-state index in [0.717, 1.165) is 18.4 Å². The summed E-state index contributed by atoms with van der Waals surface area (Å²) in [5, 5.41) is 0.514. The van der Waals surface area contributed by atoms with Crippen LogP contribution in [0.4, 0.5) is 5.69 Å². The first kappa shape index (κ1) is 26.3. The van der Waals surface area contributed by atoms with Crippen molar-refractivity contribution in [2.45, 2.75) is 45.3 Å². The monoisotopic (exact) mass is 512 g/mol. The lowest BCUT2D eigenvalue weighted by molar-refractivity contribution is -0.138. The first-order valence-electron chi connectivity index (χ1n) is 11.2. The van der Waals surface area contributed by atoms with Gasteiger partial charge in [-0.25, -0.2) is 4.79 Å². The van der Waals surface area contributed by atoms with E-state index in [2.05, 4.69) is 17.5 Å². The number of rotatable bonds is 9. The Labute approximate surface area is 215 Å². The predicted molar refractivity (Wildman–Crippen MR) is 137 cm³/mol. The Balaban J connectivity index is 2.10. The standard InChI is InChI=1S/C27H26Cl2N2O4/c1-4-13-34-27(33)21-11-7-6-10-20(21)26(32)31(17-19-9-8-12-30-16-19)24-15-25(35-18(3)5-2)23(29)14-22(24)28/h2,4,8-9,12,14-16,18H,1,6-7,10-11,13,17H2,3H3. The molecule has 8 heteroatoms. The minimum atomic E-state index is -0.545. The predicted octanol–water partition coefficient (Wildman–Crippen LogP) is 5.92. The van der Waals surface area contributed by atoms with Crippen LogP contribution in [0.1, 0.15) is 38.2 Å². The Morgan fingerprint density at radius 2 is 2.00 bits per heavy atom. The molecule has 0 bridgehead atoms. The van der Waals surface area contributed by atoms with Gasteiger partial charge in [0.05, 0.1) is 22.3 Å². The summed E-state index contributed by atoms with van der Waals surface area (Å²) in [4.78, 5) is 32.3. The van der Waals surface area contributed by atoms with Crippen LogP contribution in [0.5, 0.6) is 5.75 Å². The van der Waals surface area contributed by atoms with E-state index >= 15 is 0 Å². The highest BCUT2D eigenvalue weighted by Crippen LogP contribution is 2.39. The van der Waals surface area contributed by atoms with Crippen LogP contribution in [-0.4, -0.2) is 29.6 Å². The van der Waals surface area contributed by atoms with Crippen molar-refractivity contribution in [2.75, 3.05) is 11.5 Å². The normalized spacial score (nSPS) is 14.0. The van der Waals surface area contributed by atoms with Crippen molar-refractivity contribution in [1.82, 2.24) is 4.98 Å². The number of hydrogen-bond donors (Lipinski definition) is 0. The number of anilines is 1. The fourth-order valence-corrected chi connectivity index (χ4v) is 4.26. The first-order valence-corrected chi connectivity index (χ1v) is 11.9. The number of nitrogens with zero attached hydrogens (tertiary/aromatic N) is 2. The maximum absolute atomic E-state index is 14.0. The zero-order chi connectivity index (χ0) is 25.4. The molecular weight excluding hydrogens is 487 g/mol. The third kappa shape index (κ3) is 6.66. The van der Waals surface area contributed by atoms with E-state index in [1.54, 1.807) is 31.5 Å². The van der Waals surface area contributed by atoms with Gasteiger partial charge in [-0.1, -0.05) is 47.8 Å². The molecule has 0 saturated carbocycles. The molecule has 182 valence electrons. The Hall–Kier alpha value is -3.27. The molecule has 35 heavy (non-hydrogen) atoms. The number of amides is 1. The maximum atomic E-state index is 14.0. The summed E-state index contributed by atoms with van der Waals surface area (Å²) in [6, 6.07) is 6.73. The number of hydrogen-bond acceptors (Lipinski definition) is 5. The first-order chi connectivity index (χ1) is 16.8. The lowest BCUT2D eigenvalue weighted by atomic mass is 9.90. The summed E-state index contributed by atoms with van der Waals surface area (Å²) in [6.45, 7) is 5.51. The van der Waals surface area contributed by atoms with Crippen molar-refractivity contribution in [1.29, 1.82) is 0 Å². The molecule has 1 aromatic heterocycles. The molecule has 0 saturated heterocycles. The van der Waals surface area contributed by atoms with Gasteiger partial charge in [0.15, 0.2) is 6.10 Å². The number of pyridine rings is 1. The average molecular weight is 513 g/mol. The number of aromatic nitrogens is 1. The van der Waals surface area contributed by atoms with E-state index in [4.69, 9.17) is 39.1 Å². The summed E-state index contributed by atoms with van der Waals surface area (Å²) >= 11 is 12.9. The number of esters is 1. The number of benzene rings is 1. The van der Waals surface area contributed by atoms with Crippen LogP contribution < -0.4 is 9.64 Å². The van der Waals surface area contributed by atoms with Gasteiger partial charge in [0.25, 0.3) is 5.91 Å². The average Bonchev–Trinajstić information content (AvgIpc) is 2.87. The van der Waals surface area contributed by atoms with Gasteiger partial charge in [-0.2, -0.15) is 0 Å². The SMILES string of the molecule is C#CC(C)Oc1cc(N(Cc2cccnc2)C(=O)C2=C(C(=O)OCC=C)CCCC2)c(Cl)cc1Cl. The molecule has 0 fully saturated rings. The highest BCUT2D eigenvalue weighted by atomic mass is 35.5. The Kier molecular flexibility index (Phi) is 9.36. The van der Waals surface area contributed by atoms with E-state index in [0.29, 0.717) is 35.4 Å². The zero-order valence-electron chi connectivity index (χ0n) is 19.4.